The van der Waals surface area contributed by atoms with Crippen molar-refractivity contribution in [3.05, 3.63) is 52.9 Å². The second kappa shape index (κ2) is 6.98. The van der Waals surface area contributed by atoms with Crippen molar-refractivity contribution in [3.8, 4) is 0 Å². The molecule has 1 fully saturated rings. The van der Waals surface area contributed by atoms with Crippen molar-refractivity contribution in [2.75, 3.05) is 13.7 Å². The van der Waals surface area contributed by atoms with Crippen LogP contribution in [0.3, 0.4) is 0 Å². The van der Waals surface area contributed by atoms with Crippen LogP contribution in [0.2, 0.25) is 0 Å². The molecule has 0 bridgehead atoms. The summed E-state index contributed by atoms with van der Waals surface area (Å²) >= 11 is 1.77. The number of benzene rings is 1. The second-order valence-electron chi connectivity index (χ2n) is 6.26. The number of thiazole rings is 1. The van der Waals surface area contributed by atoms with Gasteiger partial charge in [0.05, 0.1) is 29.9 Å². The molecule has 0 saturated carbocycles. The first-order valence-corrected chi connectivity index (χ1v) is 9.33. The van der Waals surface area contributed by atoms with Crippen LogP contribution in [0, 0.1) is 0 Å². The van der Waals surface area contributed by atoms with Crippen molar-refractivity contribution in [1.29, 1.82) is 0 Å². The first kappa shape index (κ1) is 16.3. The number of fused-ring (bicyclic) bond motifs is 1. The summed E-state index contributed by atoms with van der Waals surface area (Å²) in [5.74, 6) is 0.604. The number of esters is 1. The third kappa shape index (κ3) is 3.32. The van der Waals surface area contributed by atoms with Gasteiger partial charge in [0.15, 0.2) is 0 Å². The molecule has 1 aromatic carbocycles. The standard InChI is InChI=1S/C19H20N2O3S/c1-23-19(22)16-10-9-13(24-16)12-21-11-5-4-7-15(21)18-20-14-6-2-3-8-17(14)25-18/h2-3,6,8-10,15H,4-5,7,11-12H2,1H3/t15-/m0/s1. The van der Waals surface area contributed by atoms with E-state index < -0.39 is 5.97 Å². The summed E-state index contributed by atoms with van der Waals surface area (Å²) in [6.45, 7) is 1.69. The highest BCUT2D eigenvalue weighted by atomic mass is 32.1. The molecule has 0 radical (unpaired) electrons. The quantitative estimate of drug-likeness (QED) is 0.649. The van der Waals surface area contributed by atoms with E-state index in [-0.39, 0.29) is 5.76 Å². The van der Waals surface area contributed by atoms with Crippen molar-refractivity contribution >= 4 is 27.5 Å². The Morgan fingerprint density at radius 2 is 2.20 bits per heavy atom. The fourth-order valence-corrected chi connectivity index (χ4v) is 4.50. The maximum absolute atomic E-state index is 11.6. The highest BCUT2D eigenvalue weighted by Crippen LogP contribution is 2.36. The van der Waals surface area contributed by atoms with Crippen LogP contribution in [0.1, 0.15) is 46.6 Å². The Hall–Kier alpha value is -2.18. The molecule has 0 aliphatic carbocycles. The van der Waals surface area contributed by atoms with Gasteiger partial charge in [-0.1, -0.05) is 18.6 Å². The number of hydrogen-bond acceptors (Lipinski definition) is 6. The minimum atomic E-state index is -0.437. The molecule has 6 heteroatoms. The molecule has 5 nitrogen and oxygen atoms in total. The lowest BCUT2D eigenvalue weighted by Crippen LogP contribution is -2.32. The lowest BCUT2D eigenvalue weighted by Gasteiger charge is -2.33. The van der Waals surface area contributed by atoms with E-state index in [1.54, 1.807) is 17.4 Å². The van der Waals surface area contributed by atoms with Gasteiger partial charge in [-0.15, -0.1) is 11.3 Å². The van der Waals surface area contributed by atoms with Crippen LogP contribution in [0.5, 0.6) is 0 Å². The van der Waals surface area contributed by atoms with E-state index in [9.17, 15) is 4.79 Å². The maximum Gasteiger partial charge on any atom is 0.373 e. The van der Waals surface area contributed by atoms with Gasteiger partial charge in [0.2, 0.25) is 5.76 Å². The fourth-order valence-electron chi connectivity index (χ4n) is 3.37. The van der Waals surface area contributed by atoms with E-state index in [0.29, 0.717) is 12.6 Å². The number of furan rings is 1. The minimum absolute atomic E-state index is 0.256. The zero-order valence-corrected chi connectivity index (χ0v) is 14.9. The second-order valence-corrected chi connectivity index (χ2v) is 7.32. The Balaban J connectivity index is 1.56. The Labute approximate surface area is 150 Å². The summed E-state index contributed by atoms with van der Waals surface area (Å²) in [5.41, 5.74) is 1.07. The number of ether oxygens (including phenoxy) is 1. The van der Waals surface area contributed by atoms with Gasteiger partial charge in [0.25, 0.3) is 0 Å². The molecule has 0 spiro atoms. The van der Waals surface area contributed by atoms with Crippen LogP contribution in [0.4, 0.5) is 0 Å². The predicted octanol–water partition coefficient (Wildman–Crippen LogP) is 4.40. The van der Waals surface area contributed by atoms with E-state index in [1.165, 1.54) is 29.7 Å². The largest absolute Gasteiger partial charge is 0.463 e. The Kier molecular flexibility index (Phi) is 4.55. The number of carbonyl (C=O) groups is 1. The monoisotopic (exact) mass is 356 g/mol. The molecule has 130 valence electrons. The highest BCUT2D eigenvalue weighted by molar-refractivity contribution is 7.18. The van der Waals surface area contributed by atoms with Gasteiger partial charge in [0.1, 0.15) is 10.8 Å². The Morgan fingerprint density at radius 1 is 1.32 bits per heavy atom. The molecule has 2 aromatic heterocycles. The zero-order chi connectivity index (χ0) is 17.2. The van der Waals surface area contributed by atoms with Crippen molar-refractivity contribution < 1.29 is 13.9 Å². The van der Waals surface area contributed by atoms with E-state index in [1.807, 2.05) is 12.1 Å². The van der Waals surface area contributed by atoms with Gasteiger partial charge < -0.3 is 9.15 Å². The van der Waals surface area contributed by atoms with Crippen LogP contribution in [-0.2, 0) is 11.3 Å². The molecule has 1 saturated heterocycles. The predicted molar refractivity (Wildman–Crippen MR) is 96.7 cm³/mol. The molecule has 25 heavy (non-hydrogen) atoms. The number of aromatic nitrogens is 1. The van der Waals surface area contributed by atoms with Crippen molar-refractivity contribution in [3.63, 3.8) is 0 Å². The number of likely N-dealkylation sites (tertiary alicyclic amines) is 1. The third-order valence-electron chi connectivity index (χ3n) is 4.62. The summed E-state index contributed by atoms with van der Waals surface area (Å²) in [7, 11) is 1.36. The first-order chi connectivity index (χ1) is 12.2. The van der Waals surface area contributed by atoms with Gasteiger partial charge in [-0.3, -0.25) is 4.90 Å². The molecular weight excluding hydrogens is 336 g/mol. The molecule has 1 aliphatic rings. The molecule has 3 aromatic rings. The van der Waals surface area contributed by atoms with Crippen LogP contribution in [0.15, 0.2) is 40.8 Å². The number of rotatable bonds is 4. The smallest absolute Gasteiger partial charge is 0.373 e. The minimum Gasteiger partial charge on any atom is -0.463 e. The molecule has 4 rings (SSSR count). The first-order valence-electron chi connectivity index (χ1n) is 8.51. The van der Waals surface area contributed by atoms with Crippen LogP contribution < -0.4 is 0 Å². The van der Waals surface area contributed by atoms with Gasteiger partial charge in [-0.2, -0.15) is 0 Å². The van der Waals surface area contributed by atoms with E-state index in [0.717, 1.165) is 24.2 Å². The maximum atomic E-state index is 11.6. The van der Waals surface area contributed by atoms with Gasteiger partial charge in [-0.25, -0.2) is 9.78 Å². The summed E-state index contributed by atoms with van der Waals surface area (Å²) in [6.07, 6.45) is 3.49. The molecule has 0 unspecified atom stereocenters. The van der Waals surface area contributed by atoms with E-state index in [4.69, 9.17) is 14.1 Å². The number of piperidine rings is 1. The number of carbonyl (C=O) groups excluding carboxylic acids is 1. The summed E-state index contributed by atoms with van der Waals surface area (Å²) in [4.78, 5) is 18.8. The third-order valence-corrected chi connectivity index (χ3v) is 5.75. The van der Waals surface area contributed by atoms with E-state index in [2.05, 4.69) is 23.1 Å². The van der Waals surface area contributed by atoms with Crippen molar-refractivity contribution in [2.45, 2.75) is 31.8 Å². The normalized spacial score (nSPS) is 18.5. The van der Waals surface area contributed by atoms with Gasteiger partial charge in [-0.05, 0) is 43.7 Å². The molecular formula is C19H20N2O3S. The SMILES string of the molecule is COC(=O)c1ccc(CN2CCCC[C@H]2c2nc3ccccc3s2)o1. The van der Waals surface area contributed by atoms with Crippen LogP contribution in [0.25, 0.3) is 10.2 Å². The lowest BCUT2D eigenvalue weighted by molar-refractivity contribution is 0.0558. The van der Waals surface area contributed by atoms with Crippen molar-refractivity contribution in [1.82, 2.24) is 9.88 Å². The summed E-state index contributed by atoms with van der Waals surface area (Å²) in [6, 6.07) is 12.1. The molecule has 0 N–H and O–H groups in total. The molecule has 3 heterocycles. The van der Waals surface area contributed by atoms with Gasteiger partial charge in [0, 0.05) is 0 Å². The number of hydrogen-bond donors (Lipinski definition) is 0. The topological polar surface area (TPSA) is 55.6 Å². The summed E-state index contributed by atoms with van der Waals surface area (Å²) in [5, 5.41) is 1.17. The number of nitrogens with zero attached hydrogens (tertiary/aromatic N) is 2. The average Bonchev–Trinajstić information content (AvgIpc) is 3.28. The molecule has 1 aliphatic heterocycles. The average molecular weight is 356 g/mol. The van der Waals surface area contributed by atoms with Crippen LogP contribution in [-0.4, -0.2) is 29.5 Å². The number of methoxy groups -OCH3 is 1. The van der Waals surface area contributed by atoms with Crippen LogP contribution >= 0.6 is 11.3 Å². The molecule has 1 atom stereocenters. The van der Waals surface area contributed by atoms with E-state index >= 15 is 0 Å². The van der Waals surface area contributed by atoms with Gasteiger partial charge >= 0.3 is 5.97 Å². The van der Waals surface area contributed by atoms with Crippen molar-refractivity contribution in [2.24, 2.45) is 0 Å². The Bertz CT molecular complexity index is 853. The number of para-hydroxylation sites is 1. The zero-order valence-electron chi connectivity index (χ0n) is 14.1. The summed E-state index contributed by atoms with van der Waals surface area (Å²) < 4.78 is 11.6. The Morgan fingerprint density at radius 3 is 3.04 bits per heavy atom. The molecule has 0 amide bonds. The lowest BCUT2D eigenvalue weighted by atomic mass is 10.0. The fraction of sp³-hybridized carbons (Fsp3) is 0.368. The highest BCUT2D eigenvalue weighted by Gasteiger charge is 2.27.